The minimum atomic E-state index is -0.531. The first-order chi connectivity index (χ1) is 8.60. The van der Waals surface area contributed by atoms with Gasteiger partial charge in [0.2, 0.25) is 0 Å². The molecule has 0 saturated carbocycles. The van der Waals surface area contributed by atoms with Crippen molar-refractivity contribution in [2.45, 2.75) is 13.2 Å². The number of benzene rings is 1. The average molecular weight is 335 g/mol. The zero-order chi connectivity index (χ0) is 13.1. The topological polar surface area (TPSA) is 48.4 Å². The monoisotopic (exact) mass is 333 g/mol. The van der Waals surface area contributed by atoms with Gasteiger partial charge in [-0.1, -0.05) is 11.6 Å². The van der Waals surface area contributed by atoms with E-state index in [1.807, 2.05) is 0 Å². The Labute approximate surface area is 117 Å². The van der Waals surface area contributed by atoms with Gasteiger partial charge in [-0.2, -0.15) is 0 Å². The Morgan fingerprint density at radius 3 is 2.72 bits per heavy atom. The molecule has 0 bridgehead atoms. The molecule has 6 heteroatoms. The van der Waals surface area contributed by atoms with E-state index in [-0.39, 0.29) is 11.6 Å². The zero-order valence-corrected chi connectivity index (χ0v) is 11.6. The molecule has 0 spiro atoms. The van der Waals surface area contributed by atoms with Crippen LogP contribution in [0.1, 0.15) is 11.5 Å². The summed E-state index contributed by atoms with van der Waals surface area (Å²) < 4.78 is 24.7. The van der Waals surface area contributed by atoms with E-state index < -0.39 is 5.82 Å². The molecule has 0 aliphatic heterocycles. The molecule has 0 saturated heterocycles. The second-order valence-corrected chi connectivity index (χ2v) is 4.82. The molecule has 1 aromatic carbocycles. The second-order valence-electron chi connectivity index (χ2n) is 3.56. The molecule has 0 unspecified atom stereocenters. The number of furan rings is 1. The van der Waals surface area contributed by atoms with Gasteiger partial charge in [0.25, 0.3) is 0 Å². The van der Waals surface area contributed by atoms with Gasteiger partial charge in [-0.3, -0.25) is 0 Å². The van der Waals surface area contributed by atoms with Crippen LogP contribution in [0.25, 0.3) is 0 Å². The molecule has 0 radical (unpaired) electrons. The van der Waals surface area contributed by atoms with E-state index in [0.717, 1.165) is 0 Å². The predicted octanol–water partition coefficient (Wildman–Crippen LogP) is 3.87. The maximum absolute atomic E-state index is 13.3. The SMILES string of the molecule is NCc1ccc(COc2cc(F)c(Cl)cc2Br)o1. The fourth-order valence-electron chi connectivity index (χ4n) is 1.37. The van der Waals surface area contributed by atoms with E-state index in [2.05, 4.69) is 15.9 Å². The molecule has 0 fully saturated rings. The third-order valence-corrected chi connectivity index (χ3v) is 3.17. The number of hydrogen-bond acceptors (Lipinski definition) is 3. The summed E-state index contributed by atoms with van der Waals surface area (Å²) in [6, 6.07) is 6.21. The van der Waals surface area contributed by atoms with E-state index in [0.29, 0.717) is 28.3 Å². The Morgan fingerprint density at radius 2 is 2.06 bits per heavy atom. The third-order valence-electron chi connectivity index (χ3n) is 2.26. The summed E-state index contributed by atoms with van der Waals surface area (Å²) in [7, 11) is 0. The van der Waals surface area contributed by atoms with Crippen molar-refractivity contribution in [2.24, 2.45) is 5.73 Å². The van der Waals surface area contributed by atoms with E-state index in [1.54, 1.807) is 12.1 Å². The highest BCUT2D eigenvalue weighted by Crippen LogP contribution is 2.31. The lowest BCUT2D eigenvalue weighted by molar-refractivity contribution is 0.263. The van der Waals surface area contributed by atoms with Crippen LogP contribution in [0.5, 0.6) is 5.75 Å². The average Bonchev–Trinajstić information content (AvgIpc) is 2.80. The van der Waals surface area contributed by atoms with Gasteiger partial charge in [0.05, 0.1) is 16.0 Å². The lowest BCUT2D eigenvalue weighted by Gasteiger charge is -2.07. The van der Waals surface area contributed by atoms with Crippen molar-refractivity contribution in [3.05, 3.63) is 51.1 Å². The standard InChI is InChI=1S/C12H10BrClFNO2/c13-9-3-10(14)11(15)4-12(9)17-6-8-2-1-7(5-16)18-8/h1-4H,5-6,16H2. The summed E-state index contributed by atoms with van der Waals surface area (Å²) in [4.78, 5) is 0. The summed E-state index contributed by atoms with van der Waals surface area (Å²) in [6.45, 7) is 0.527. The van der Waals surface area contributed by atoms with Gasteiger partial charge in [0.15, 0.2) is 0 Å². The van der Waals surface area contributed by atoms with Crippen LogP contribution in [0.3, 0.4) is 0 Å². The number of rotatable bonds is 4. The predicted molar refractivity (Wildman–Crippen MR) is 70.0 cm³/mol. The molecule has 3 nitrogen and oxygen atoms in total. The molecule has 96 valence electrons. The first-order valence-corrected chi connectivity index (χ1v) is 6.32. The Hall–Kier alpha value is -1.04. The molecule has 0 atom stereocenters. The summed E-state index contributed by atoms with van der Waals surface area (Å²) in [5, 5.41) is 0.0395. The lowest BCUT2D eigenvalue weighted by atomic mass is 10.3. The molecule has 1 aromatic heterocycles. The first-order valence-electron chi connectivity index (χ1n) is 5.15. The van der Waals surface area contributed by atoms with Crippen molar-refractivity contribution in [3.63, 3.8) is 0 Å². The molecule has 2 N–H and O–H groups in total. The van der Waals surface area contributed by atoms with Crippen molar-refractivity contribution >= 4 is 27.5 Å². The molecular weight excluding hydrogens is 324 g/mol. The van der Waals surface area contributed by atoms with Crippen molar-refractivity contribution < 1.29 is 13.5 Å². The van der Waals surface area contributed by atoms with Crippen molar-refractivity contribution in [1.29, 1.82) is 0 Å². The number of ether oxygens (including phenoxy) is 1. The van der Waals surface area contributed by atoms with E-state index in [4.69, 9.17) is 26.5 Å². The smallest absolute Gasteiger partial charge is 0.146 e. The molecular formula is C12H10BrClFNO2. The minimum absolute atomic E-state index is 0.0395. The van der Waals surface area contributed by atoms with Crippen LogP contribution in [-0.4, -0.2) is 0 Å². The van der Waals surface area contributed by atoms with Crippen molar-refractivity contribution in [2.75, 3.05) is 0 Å². The van der Waals surface area contributed by atoms with Gasteiger partial charge >= 0.3 is 0 Å². The molecule has 1 heterocycles. The van der Waals surface area contributed by atoms with Crippen LogP contribution in [0.2, 0.25) is 5.02 Å². The quantitative estimate of drug-likeness (QED) is 0.863. The fraction of sp³-hybridized carbons (Fsp3) is 0.167. The van der Waals surface area contributed by atoms with Gasteiger partial charge in [0, 0.05) is 6.07 Å². The lowest BCUT2D eigenvalue weighted by Crippen LogP contribution is -1.96. The molecule has 18 heavy (non-hydrogen) atoms. The van der Waals surface area contributed by atoms with E-state index >= 15 is 0 Å². The summed E-state index contributed by atoms with van der Waals surface area (Å²) in [6.07, 6.45) is 0. The normalized spacial score (nSPS) is 10.7. The van der Waals surface area contributed by atoms with Crippen LogP contribution in [0.15, 0.2) is 33.2 Å². The summed E-state index contributed by atoms with van der Waals surface area (Å²) in [5.41, 5.74) is 5.42. The Bertz CT molecular complexity index is 559. The fourth-order valence-corrected chi connectivity index (χ4v) is 2.13. The van der Waals surface area contributed by atoms with E-state index in [1.165, 1.54) is 12.1 Å². The summed E-state index contributed by atoms with van der Waals surface area (Å²) in [5.74, 6) is 1.13. The van der Waals surface area contributed by atoms with Crippen LogP contribution < -0.4 is 10.5 Å². The molecule has 0 amide bonds. The van der Waals surface area contributed by atoms with Crippen molar-refractivity contribution in [3.8, 4) is 5.75 Å². The Kier molecular flexibility index (Phi) is 4.27. The largest absolute Gasteiger partial charge is 0.484 e. The van der Waals surface area contributed by atoms with Gasteiger partial charge in [-0.05, 0) is 34.1 Å². The van der Waals surface area contributed by atoms with Gasteiger partial charge in [0.1, 0.15) is 29.7 Å². The van der Waals surface area contributed by atoms with Gasteiger partial charge < -0.3 is 14.9 Å². The van der Waals surface area contributed by atoms with Crippen LogP contribution in [-0.2, 0) is 13.2 Å². The Balaban J connectivity index is 2.08. The third kappa shape index (κ3) is 3.04. The highest BCUT2D eigenvalue weighted by atomic mass is 79.9. The van der Waals surface area contributed by atoms with Gasteiger partial charge in [-0.15, -0.1) is 0 Å². The first kappa shape index (κ1) is 13.4. The minimum Gasteiger partial charge on any atom is -0.484 e. The molecule has 0 aliphatic carbocycles. The maximum Gasteiger partial charge on any atom is 0.146 e. The van der Waals surface area contributed by atoms with Crippen LogP contribution in [0, 0.1) is 5.82 Å². The molecule has 2 aromatic rings. The molecule has 0 aliphatic rings. The number of halogens is 3. The van der Waals surface area contributed by atoms with Crippen LogP contribution in [0.4, 0.5) is 4.39 Å². The zero-order valence-electron chi connectivity index (χ0n) is 9.25. The van der Waals surface area contributed by atoms with Crippen molar-refractivity contribution in [1.82, 2.24) is 0 Å². The summed E-state index contributed by atoms with van der Waals surface area (Å²) >= 11 is 8.88. The highest BCUT2D eigenvalue weighted by molar-refractivity contribution is 9.10. The van der Waals surface area contributed by atoms with E-state index in [9.17, 15) is 4.39 Å². The van der Waals surface area contributed by atoms with Gasteiger partial charge in [-0.25, -0.2) is 4.39 Å². The number of nitrogens with two attached hydrogens (primary N) is 1. The highest BCUT2D eigenvalue weighted by Gasteiger charge is 2.09. The molecule has 2 rings (SSSR count). The maximum atomic E-state index is 13.3. The Morgan fingerprint density at radius 1 is 1.33 bits per heavy atom. The van der Waals surface area contributed by atoms with Crippen LogP contribution >= 0.6 is 27.5 Å². The number of hydrogen-bond donors (Lipinski definition) is 1. The second kappa shape index (κ2) is 5.73.